The van der Waals surface area contributed by atoms with Gasteiger partial charge in [0.15, 0.2) is 0 Å². The topological polar surface area (TPSA) is 113 Å². The molecule has 8 nitrogen and oxygen atoms in total. The number of alkyl halides is 3. The lowest BCUT2D eigenvalue weighted by Crippen LogP contribution is -2.32. The number of carbonyl (C=O) groups is 1. The molecule has 2 N–H and O–H groups in total. The van der Waals surface area contributed by atoms with E-state index in [0.29, 0.717) is 11.1 Å². The van der Waals surface area contributed by atoms with E-state index in [1.807, 2.05) is 6.92 Å². The van der Waals surface area contributed by atoms with E-state index in [4.69, 9.17) is 0 Å². The van der Waals surface area contributed by atoms with Crippen molar-refractivity contribution in [2.45, 2.75) is 31.0 Å². The molecule has 0 aromatic heterocycles. The molecule has 1 saturated heterocycles. The summed E-state index contributed by atoms with van der Waals surface area (Å²) in [6, 6.07) is 10.4. The number of halogens is 3. The molecule has 13 heteroatoms. The van der Waals surface area contributed by atoms with Gasteiger partial charge in [-0.1, -0.05) is 37.8 Å². The summed E-state index contributed by atoms with van der Waals surface area (Å²) in [6.45, 7) is 5.66. The molecule has 0 bridgehead atoms. The molecule has 0 saturated carbocycles. The maximum absolute atomic E-state index is 13.1. The Morgan fingerprint density at radius 1 is 1.03 bits per heavy atom. The van der Waals surface area contributed by atoms with Crippen LogP contribution < -0.4 is 10.0 Å². The average Bonchev–Trinajstić information content (AvgIpc) is 3.23. The van der Waals surface area contributed by atoms with Crippen LogP contribution >= 0.6 is 0 Å². The van der Waals surface area contributed by atoms with Crippen LogP contribution in [-0.4, -0.2) is 46.7 Å². The van der Waals surface area contributed by atoms with Crippen LogP contribution in [0.1, 0.15) is 23.6 Å². The van der Waals surface area contributed by atoms with Crippen molar-refractivity contribution in [3.63, 3.8) is 0 Å². The minimum absolute atomic E-state index is 0.0345. The van der Waals surface area contributed by atoms with Crippen LogP contribution in [0.5, 0.6) is 0 Å². The highest BCUT2D eigenvalue weighted by Gasteiger charge is 2.37. The number of hydrogen-bond acceptors (Lipinski definition) is 5. The summed E-state index contributed by atoms with van der Waals surface area (Å²) >= 11 is 0. The van der Waals surface area contributed by atoms with Crippen molar-refractivity contribution in [2.24, 2.45) is 11.8 Å². The van der Waals surface area contributed by atoms with Gasteiger partial charge in [-0.25, -0.2) is 21.6 Å². The van der Waals surface area contributed by atoms with Gasteiger partial charge in [0, 0.05) is 31.6 Å². The van der Waals surface area contributed by atoms with E-state index in [1.165, 1.54) is 40.7 Å². The van der Waals surface area contributed by atoms with Crippen LogP contribution in [-0.2, 0) is 44.0 Å². The fraction of sp³-hybridized carbons (Fsp3) is 0.375. The number of amides is 1. The monoisotopic (exact) mass is 559 g/mol. The molecule has 1 fully saturated rings. The smallest absolute Gasteiger partial charge is 0.352 e. The number of nitrogens with one attached hydrogen (secondary N) is 2. The Kier molecular flexibility index (Phi) is 8.83. The number of benzene rings is 2. The maximum atomic E-state index is 13.1. The van der Waals surface area contributed by atoms with Crippen LogP contribution in [0.3, 0.4) is 0 Å². The first-order valence-corrected chi connectivity index (χ1v) is 14.3. The lowest BCUT2D eigenvalue weighted by molar-refractivity contribution is -0.137. The van der Waals surface area contributed by atoms with Gasteiger partial charge >= 0.3 is 6.18 Å². The molecule has 1 aliphatic heterocycles. The molecule has 3 rings (SSSR count). The average molecular weight is 560 g/mol. The van der Waals surface area contributed by atoms with E-state index in [-0.39, 0.29) is 55.2 Å². The fourth-order valence-electron chi connectivity index (χ4n) is 3.92. The Morgan fingerprint density at radius 2 is 1.62 bits per heavy atom. The summed E-state index contributed by atoms with van der Waals surface area (Å²) in [5, 5.41) is 3.43. The highest BCUT2D eigenvalue weighted by Crippen LogP contribution is 2.30. The van der Waals surface area contributed by atoms with Gasteiger partial charge in [0.25, 0.3) is 0 Å². The van der Waals surface area contributed by atoms with E-state index >= 15 is 0 Å². The Hall–Kier alpha value is -2.74. The minimum atomic E-state index is -4.43. The summed E-state index contributed by atoms with van der Waals surface area (Å²) in [6.07, 6.45) is -4.46. The maximum Gasteiger partial charge on any atom is 0.416 e. The van der Waals surface area contributed by atoms with Gasteiger partial charge < -0.3 is 5.32 Å². The third-order valence-corrected chi connectivity index (χ3v) is 9.05. The number of hydrogen-bond donors (Lipinski definition) is 2. The Balaban J connectivity index is 1.55. The summed E-state index contributed by atoms with van der Waals surface area (Å²) in [7, 11) is -7.42. The third kappa shape index (κ3) is 7.63. The Labute approximate surface area is 214 Å². The predicted octanol–water partition coefficient (Wildman–Crippen LogP) is 2.88. The van der Waals surface area contributed by atoms with Gasteiger partial charge in [-0.3, -0.25) is 4.79 Å². The van der Waals surface area contributed by atoms with Crippen LogP contribution in [0.15, 0.2) is 65.4 Å². The number of sulfonamides is 2. The zero-order valence-corrected chi connectivity index (χ0v) is 21.7. The lowest BCUT2D eigenvalue weighted by Gasteiger charge is -2.17. The second kappa shape index (κ2) is 11.3. The zero-order valence-electron chi connectivity index (χ0n) is 20.0. The molecular weight excluding hydrogens is 531 g/mol. The lowest BCUT2D eigenvalue weighted by atomic mass is 9.99. The highest BCUT2D eigenvalue weighted by atomic mass is 32.2. The van der Waals surface area contributed by atoms with Crippen LogP contribution in [0.25, 0.3) is 0 Å². The first-order chi connectivity index (χ1) is 17.2. The first kappa shape index (κ1) is 28.8. The first-order valence-electron chi connectivity index (χ1n) is 11.4. The molecule has 1 heterocycles. The van der Waals surface area contributed by atoms with Crippen molar-refractivity contribution in [1.82, 2.24) is 14.3 Å². The number of rotatable bonds is 10. The highest BCUT2D eigenvalue weighted by molar-refractivity contribution is 7.92. The predicted molar refractivity (Wildman–Crippen MR) is 132 cm³/mol. The van der Waals surface area contributed by atoms with E-state index < -0.39 is 31.8 Å². The SMILES string of the molecule is C=CS(=O)(=O)NCC1CN(S(=O)(=O)c2ccc(CC(=O)NCc3ccc(C(F)(F)F)cc3)cc2)CC1C. The molecule has 0 radical (unpaired) electrons. The van der Waals surface area contributed by atoms with Gasteiger partial charge in [-0.05, 0) is 47.2 Å². The van der Waals surface area contributed by atoms with Gasteiger partial charge in [-0.2, -0.15) is 17.5 Å². The van der Waals surface area contributed by atoms with Crippen molar-refractivity contribution < 1.29 is 34.8 Å². The summed E-state index contributed by atoms with van der Waals surface area (Å²) in [4.78, 5) is 12.3. The fourth-order valence-corrected chi connectivity index (χ4v) is 6.08. The van der Waals surface area contributed by atoms with E-state index in [2.05, 4.69) is 16.6 Å². The molecule has 0 aliphatic carbocycles. The van der Waals surface area contributed by atoms with Crippen molar-refractivity contribution in [1.29, 1.82) is 0 Å². The molecule has 2 aromatic carbocycles. The van der Waals surface area contributed by atoms with E-state index in [1.54, 1.807) is 0 Å². The molecule has 2 aromatic rings. The van der Waals surface area contributed by atoms with Gasteiger partial charge in [0.2, 0.25) is 26.0 Å². The second-order valence-corrected chi connectivity index (χ2v) is 12.6. The van der Waals surface area contributed by atoms with Crippen LogP contribution in [0, 0.1) is 11.8 Å². The van der Waals surface area contributed by atoms with E-state index in [0.717, 1.165) is 17.5 Å². The Bertz CT molecular complexity index is 1330. The molecule has 1 aliphatic rings. The van der Waals surface area contributed by atoms with Crippen molar-refractivity contribution in [3.8, 4) is 0 Å². The molecule has 37 heavy (non-hydrogen) atoms. The van der Waals surface area contributed by atoms with Crippen molar-refractivity contribution >= 4 is 26.0 Å². The molecule has 202 valence electrons. The molecule has 2 unspecified atom stereocenters. The van der Waals surface area contributed by atoms with Gasteiger partial charge in [-0.15, -0.1) is 0 Å². The normalized spacial score (nSPS) is 19.0. The second-order valence-electron chi connectivity index (χ2n) is 8.91. The van der Waals surface area contributed by atoms with Crippen molar-refractivity contribution in [2.75, 3.05) is 19.6 Å². The summed E-state index contributed by atoms with van der Waals surface area (Å²) in [5.41, 5.74) is 0.308. The quantitative estimate of drug-likeness (QED) is 0.465. The molecule has 1 amide bonds. The van der Waals surface area contributed by atoms with Crippen LogP contribution in [0.2, 0.25) is 0 Å². The largest absolute Gasteiger partial charge is 0.416 e. The molecule has 0 spiro atoms. The summed E-state index contributed by atoms with van der Waals surface area (Å²) in [5.74, 6) is -0.624. The number of nitrogens with zero attached hydrogens (tertiary/aromatic N) is 1. The third-order valence-electron chi connectivity index (χ3n) is 6.20. The summed E-state index contributed by atoms with van der Waals surface area (Å²) < 4.78 is 91.0. The van der Waals surface area contributed by atoms with Gasteiger partial charge in [0.1, 0.15) is 0 Å². The van der Waals surface area contributed by atoms with Crippen molar-refractivity contribution in [3.05, 3.63) is 77.2 Å². The standard InChI is InChI=1S/C24H28F3N3O5S2/c1-3-36(32,33)29-14-20-16-30(15-17(20)2)37(34,35)22-10-6-18(7-11-22)12-23(31)28-13-19-4-8-21(9-5-19)24(25,26)27/h3-11,17,20,29H,1,12-16H2,2H3,(H,28,31). The zero-order chi connectivity index (χ0) is 27.4. The van der Waals surface area contributed by atoms with E-state index in [9.17, 15) is 34.8 Å². The van der Waals surface area contributed by atoms with Crippen LogP contribution in [0.4, 0.5) is 13.2 Å². The minimum Gasteiger partial charge on any atom is -0.352 e. The number of carbonyl (C=O) groups excluding carboxylic acids is 1. The Morgan fingerprint density at radius 3 is 2.19 bits per heavy atom. The molecular formula is C24H28F3N3O5S2. The molecule has 2 atom stereocenters. The van der Waals surface area contributed by atoms with Gasteiger partial charge in [0.05, 0.1) is 16.9 Å².